The highest BCUT2D eigenvalue weighted by molar-refractivity contribution is 5.95. The van der Waals surface area contributed by atoms with Crippen molar-refractivity contribution in [3.63, 3.8) is 0 Å². The molecule has 5 heteroatoms. The number of amides is 1. The van der Waals surface area contributed by atoms with Crippen molar-refractivity contribution in [2.75, 3.05) is 14.2 Å². The molecule has 2 aliphatic rings. The molecule has 2 saturated carbocycles. The summed E-state index contributed by atoms with van der Waals surface area (Å²) in [6.07, 6.45) is 3.51. The van der Waals surface area contributed by atoms with Crippen LogP contribution in [-0.2, 0) is 0 Å². The number of aromatic hydroxyl groups is 1. The molecule has 2 fully saturated rings. The van der Waals surface area contributed by atoms with Gasteiger partial charge in [0.25, 0.3) is 5.91 Å². The monoisotopic (exact) mass is 305 g/mol. The molecule has 4 atom stereocenters. The molecule has 0 aromatic heterocycles. The summed E-state index contributed by atoms with van der Waals surface area (Å²) in [6, 6.07) is 4.96. The summed E-state index contributed by atoms with van der Waals surface area (Å²) >= 11 is 0. The van der Waals surface area contributed by atoms with Crippen molar-refractivity contribution in [3.05, 3.63) is 23.8 Å². The van der Waals surface area contributed by atoms with Gasteiger partial charge in [0.2, 0.25) is 0 Å². The van der Waals surface area contributed by atoms with E-state index in [-0.39, 0.29) is 23.8 Å². The van der Waals surface area contributed by atoms with Gasteiger partial charge in [0.05, 0.1) is 13.2 Å². The molecule has 2 unspecified atom stereocenters. The number of phenols is 1. The van der Waals surface area contributed by atoms with Crippen molar-refractivity contribution in [1.82, 2.24) is 4.90 Å². The topological polar surface area (TPSA) is 70.0 Å². The fourth-order valence-corrected chi connectivity index (χ4v) is 4.06. The van der Waals surface area contributed by atoms with Gasteiger partial charge in [-0.1, -0.05) is 0 Å². The van der Waals surface area contributed by atoms with Crippen LogP contribution < -0.4 is 4.74 Å². The van der Waals surface area contributed by atoms with Crippen molar-refractivity contribution >= 4 is 5.91 Å². The number of methoxy groups -OCH3 is 1. The Hall–Kier alpha value is -1.75. The molecule has 0 saturated heterocycles. The Labute approximate surface area is 130 Å². The van der Waals surface area contributed by atoms with E-state index in [1.807, 2.05) is 7.05 Å². The third kappa shape index (κ3) is 2.65. The van der Waals surface area contributed by atoms with Crippen LogP contribution in [0.4, 0.5) is 0 Å². The van der Waals surface area contributed by atoms with Crippen LogP contribution in [0.5, 0.6) is 11.5 Å². The number of carbonyl (C=O) groups is 1. The lowest BCUT2D eigenvalue weighted by Gasteiger charge is -2.26. The molecule has 0 radical (unpaired) electrons. The van der Waals surface area contributed by atoms with Gasteiger partial charge in [0.1, 0.15) is 0 Å². The normalized spacial score (nSPS) is 30.1. The fraction of sp³-hybridized carbons (Fsp3) is 0.588. The van der Waals surface area contributed by atoms with Crippen molar-refractivity contribution < 1.29 is 19.7 Å². The zero-order valence-electron chi connectivity index (χ0n) is 13.0. The van der Waals surface area contributed by atoms with Gasteiger partial charge >= 0.3 is 0 Å². The first-order valence-corrected chi connectivity index (χ1v) is 7.81. The largest absolute Gasteiger partial charge is 0.504 e. The number of hydrogen-bond acceptors (Lipinski definition) is 4. The van der Waals surface area contributed by atoms with Gasteiger partial charge in [-0.05, 0) is 55.7 Å². The minimum Gasteiger partial charge on any atom is -0.504 e. The number of fused-ring (bicyclic) bond motifs is 1. The Morgan fingerprint density at radius 1 is 1.23 bits per heavy atom. The van der Waals surface area contributed by atoms with Gasteiger partial charge in [-0.2, -0.15) is 0 Å². The SMILES string of the molecule is COc1ccc(C(=O)N(C)C2C[C@H]3CC(O)C[C@H]3C2)cc1O. The molecular weight excluding hydrogens is 282 g/mol. The van der Waals surface area contributed by atoms with Crippen LogP contribution in [-0.4, -0.2) is 47.3 Å². The van der Waals surface area contributed by atoms with Gasteiger partial charge in [-0.3, -0.25) is 4.79 Å². The minimum atomic E-state index is -0.157. The maximum absolute atomic E-state index is 12.6. The number of aliphatic hydroxyl groups is 1. The lowest BCUT2D eigenvalue weighted by Crippen LogP contribution is -2.36. The van der Waals surface area contributed by atoms with Crippen LogP contribution in [0.15, 0.2) is 18.2 Å². The van der Waals surface area contributed by atoms with Crippen molar-refractivity contribution in [2.24, 2.45) is 11.8 Å². The summed E-state index contributed by atoms with van der Waals surface area (Å²) in [4.78, 5) is 14.4. The highest BCUT2D eigenvalue weighted by Crippen LogP contribution is 2.45. The molecule has 2 aliphatic carbocycles. The molecule has 0 heterocycles. The molecular formula is C17H23NO4. The second-order valence-electron chi connectivity index (χ2n) is 6.57. The maximum atomic E-state index is 12.6. The number of phenolic OH excluding ortho intramolecular Hbond substituents is 1. The van der Waals surface area contributed by atoms with Crippen LogP contribution in [0.3, 0.4) is 0 Å². The molecule has 5 nitrogen and oxygen atoms in total. The van der Waals surface area contributed by atoms with Gasteiger partial charge in [0, 0.05) is 18.7 Å². The predicted octanol–water partition coefficient (Wildman–Crippen LogP) is 2.02. The van der Waals surface area contributed by atoms with E-state index in [4.69, 9.17) is 4.74 Å². The van der Waals surface area contributed by atoms with E-state index in [1.54, 1.807) is 17.0 Å². The Balaban J connectivity index is 1.69. The summed E-state index contributed by atoms with van der Waals surface area (Å²) < 4.78 is 5.00. The lowest BCUT2D eigenvalue weighted by molar-refractivity contribution is 0.0722. The third-order valence-electron chi connectivity index (χ3n) is 5.26. The highest BCUT2D eigenvalue weighted by Gasteiger charge is 2.43. The second-order valence-corrected chi connectivity index (χ2v) is 6.57. The molecule has 1 aromatic carbocycles. The van der Waals surface area contributed by atoms with E-state index >= 15 is 0 Å². The van der Waals surface area contributed by atoms with E-state index < -0.39 is 0 Å². The maximum Gasteiger partial charge on any atom is 0.253 e. The average Bonchev–Trinajstić information content (AvgIpc) is 3.02. The number of aliphatic hydroxyl groups excluding tert-OH is 1. The molecule has 1 amide bonds. The first kappa shape index (κ1) is 15.2. The Morgan fingerprint density at radius 3 is 2.41 bits per heavy atom. The molecule has 0 spiro atoms. The van der Waals surface area contributed by atoms with E-state index in [0.717, 1.165) is 25.7 Å². The highest BCUT2D eigenvalue weighted by atomic mass is 16.5. The van der Waals surface area contributed by atoms with Gasteiger partial charge in [-0.15, -0.1) is 0 Å². The molecule has 0 aliphatic heterocycles. The molecule has 0 bridgehead atoms. The van der Waals surface area contributed by atoms with E-state index in [9.17, 15) is 15.0 Å². The number of rotatable bonds is 3. The number of hydrogen-bond donors (Lipinski definition) is 2. The Bertz CT molecular complexity index is 560. The first-order valence-electron chi connectivity index (χ1n) is 7.81. The van der Waals surface area contributed by atoms with Crippen LogP contribution >= 0.6 is 0 Å². The zero-order chi connectivity index (χ0) is 15.9. The van der Waals surface area contributed by atoms with E-state index in [0.29, 0.717) is 23.1 Å². The lowest BCUT2D eigenvalue weighted by atomic mass is 10.0. The van der Waals surface area contributed by atoms with Gasteiger partial charge < -0.3 is 19.8 Å². The van der Waals surface area contributed by atoms with Crippen LogP contribution in [0.1, 0.15) is 36.0 Å². The smallest absolute Gasteiger partial charge is 0.253 e. The minimum absolute atomic E-state index is 0.0202. The molecule has 3 rings (SSSR count). The zero-order valence-corrected chi connectivity index (χ0v) is 13.0. The Kier molecular flexibility index (Phi) is 4.00. The molecule has 120 valence electrons. The number of benzene rings is 1. The van der Waals surface area contributed by atoms with E-state index in [1.165, 1.54) is 13.2 Å². The molecule has 1 aromatic rings. The average molecular weight is 305 g/mol. The summed E-state index contributed by atoms with van der Waals surface area (Å²) in [5.41, 5.74) is 0.470. The molecule has 2 N–H and O–H groups in total. The number of nitrogens with zero attached hydrogens (tertiary/aromatic N) is 1. The van der Waals surface area contributed by atoms with Crippen LogP contribution in [0.2, 0.25) is 0 Å². The summed E-state index contributed by atoms with van der Waals surface area (Å²) in [7, 11) is 3.31. The van der Waals surface area contributed by atoms with Gasteiger partial charge in [-0.25, -0.2) is 0 Å². The van der Waals surface area contributed by atoms with Crippen molar-refractivity contribution in [1.29, 1.82) is 0 Å². The summed E-state index contributed by atoms with van der Waals surface area (Å²) in [5.74, 6) is 1.35. The number of ether oxygens (including phenoxy) is 1. The van der Waals surface area contributed by atoms with E-state index in [2.05, 4.69) is 0 Å². The first-order chi connectivity index (χ1) is 10.5. The number of carbonyl (C=O) groups excluding carboxylic acids is 1. The predicted molar refractivity (Wildman–Crippen MR) is 82.0 cm³/mol. The second kappa shape index (κ2) is 5.80. The summed E-state index contributed by atoms with van der Waals surface area (Å²) in [6.45, 7) is 0. The van der Waals surface area contributed by atoms with Gasteiger partial charge in [0.15, 0.2) is 11.5 Å². The van der Waals surface area contributed by atoms with Crippen LogP contribution in [0.25, 0.3) is 0 Å². The van der Waals surface area contributed by atoms with Crippen molar-refractivity contribution in [2.45, 2.75) is 37.8 Å². The quantitative estimate of drug-likeness (QED) is 0.896. The Morgan fingerprint density at radius 2 is 1.86 bits per heavy atom. The molecule has 22 heavy (non-hydrogen) atoms. The third-order valence-corrected chi connectivity index (χ3v) is 5.26. The van der Waals surface area contributed by atoms with Crippen LogP contribution in [0, 0.1) is 11.8 Å². The fourth-order valence-electron chi connectivity index (χ4n) is 4.06. The summed E-state index contributed by atoms with van der Waals surface area (Å²) in [5, 5.41) is 19.5. The standard InChI is InChI=1S/C17H23NO4/c1-18(13-5-11-7-14(19)8-12(11)6-13)17(21)10-3-4-16(22-2)15(20)9-10/h3-4,9,11-14,19-20H,5-8H2,1-2H3/t11-,12+,13?,14?. The van der Waals surface area contributed by atoms with Crippen molar-refractivity contribution in [3.8, 4) is 11.5 Å².